The number of rotatable bonds is 3. The van der Waals surface area contributed by atoms with Gasteiger partial charge in [0.25, 0.3) is 10.2 Å². The second kappa shape index (κ2) is 5.76. The molecule has 23 heavy (non-hydrogen) atoms. The molecule has 0 radical (unpaired) electrons. The van der Waals surface area contributed by atoms with Crippen molar-refractivity contribution in [3.8, 4) is 0 Å². The maximum Gasteiger partial charge on any atom is 0.282 e. The maximum absolute atomic E-state index is 13.2. The maximum atomic E-state index is 13.2. The van der Waals surface area contributed by atoms with Gasteiger partial charge in [-0.3, -0.25) is 0 Å². The molecule has 0 saturated carbocycles. The molecule has 5 nitrogen and oxygen atoms in total. The summed E-state index contributed by atoms with van der Waals surface area (Å²) in [6, 6.07) is 3.69. The van der Waals surface area contributed by atoms with Gasteiger partial charge in [0.2, 0.25) is 0 Å². The van der Waals surface area contributed by atoms with Crippen molar-refractivity contribution in [2.45, 2.75) is 38.6 Å². The Bertz CT molecular complexity index is 693. The predicted molar refractivity (Wildman–Crippen MR) is 88.0 cm³/mol. The van der Waals surface area contributed by atoms with Crippen molar-refractivity contribution in [2.24, 2.45) is 11.8 Å². The normalized spacial score (nSPS) is 32.5. The van der Waals surface area contributed by atoms with Crippen LogP contribution >= 0.6 is 0 Å². The van der Waals surface area contributed by atoms with E-state index in [9.17, 15) is 8.42 Å². The highest BCUT2D eigenvalue weighted by Crippen LogP contribution is 2.40. The van der Waals surface area contributed by atoms with Crippen molar-refractivity contribution in [3.63, 3.8) is 0 Å². The minimum absolute atomic E-state index is 0.144. The summed E-state index contributed by atoms with van der Waals surface area (Å²) in [6.07, 6.45) is 8.15. The number of fused-ring (bicyclic) bond motifs is 1. The van der Waals surface area contributed by atoms with Crippen LogP contribution in [0.5, 0.6) is 0 Å². The summed E-state index contributed by atoms with van der Waals surface area (Å²) in [5.41, 5.74) is 0. The van der Waals surface area contributed by atoms with E-state index in [1.165, 1.54) is 0 Å². The molecule has 3 aliphatic rings. The fourth-order valence-corrected chi connectivity index (χ4v) is 6.19. The zero-order valence-electron chi connectivity index (χ0n) is 13.5. The Balaban J connectivity index is 1.56. The van der Waals surface area contributed by atoms with Crippen LogP contribution < -0.4 is 0 Å². The first kappa shape index (κ1) is 15.4. The first-order valence-electron chi connectivity index (χ1n) is 8.54. The Labute approximate surface area is 138 Å². The van der Waals surface area contributed by atoms with E-state index in [0.717, 1.165) is 37.2 Å². The molecule has 1 aliphatic carbocycles. The van der Waals surface area contributed by atoms with E-state index in [-0.39, 0.29) is 6.04 Å². The fraction of sp³-hybridized carbons (Fsp3) is 0.647. The average Bonchev–Trinajstić information content (AvgIpc) is 3.25. The van der Waals surface area contributed by atoms with Crippen LogP contribution in [-0.2, 0) is 10.2 Å². The largest absolute Gasteiger partial charge is 0.465 e. The molecule has 0 bridgehead atoms. The summed E-state index contributed by atoms with van der Waals surface area (Å²) < 4.78 is 35.4. The van der Waals surface area contributed by atoms with E-state index in [1.807, 2.05) is 19.1 Å². The lowest BCUT2D eigenvalue weighted by Gasteiger charge is -2.27. The second-order valence-electron chi connectivity index (χ2n) is 7.00. The van der Waals surface area contributed by atoms with Gasteiger partial charge in [-0.25, -0.2) is 0 Å². The van der Waals surface area contributed by atoms with Crippen LogP contribution in [0.25, 0.3) is 0 Å². The third-order valence-corrected chi connectivity index (χ3v) is 7.48. The Morgan fingerprint density at radius 3 is 2.43 bits per heavy atom. The van der Waals surface area contributed by atoms with E-state index in [1.54, 1.807) is 8.61 Å². The van der Waals surface area contributed by atoms with E-state index in [0.29, 0.717) is 31.5 Å². The summed E-state index contributed by atoms with van der Waals surface area (Å²) in [5, 5.41) is 0. The van der Waals surface area contributed by atoms with Crippen molar-refractivity contribution >= 4 is 10.2 Å². The van der Waals surface area contributed by atoms with Gasteiger partial charge in [-0.2, -0.15) is 17.0 Å². The summed E-state index contributed by atoms with van der Waals surface area (Å²) in [7, 11) is -3.41. The lowest BCUT2D eigenvalue weighted by atomic mass is 9.86. The van der Waals surface area contributed by atoms with Crippen LogP contribution in [0.2, 0.25) is 0 Å². The molecule has 2 fully saturated rings. The minimum atomic E-state index is -3.41. The number of hydrogen-bond donors (Lipinski definition) is 0. The number of allylic oxidation sites excluding steroid dienone is 2. The third-order valence-electron chi connectivity index (χ3n) is 5.50. The molecule has 0 amide bonds. The lowest BCUT2D eigenvalue weighted by molar-refractivity contribution is 0.307. The van der Waals surface area contributed by atoms with Crippen LogP contribution in [0.4, 0.5) is 0 Å². The average molecular weight is 336 g/mol. The van der Waals surface area contributed by atoms with Crippen molar-refractivity contribution in [1.82, 2.24) is 8.61 Å². The molecule has 1 aromatic heterocycles. The van der Waals surface area contributed by atoms with Gasteiger partial charge >= 0.3 is 0 Å². The first-order chi connectivity index (χ1) is 11.1. The predicted octanol–water partition coefficient (Wildman–Crippen LogP) is 2.87. The van der Waals surface area contributed by atoms with Gasteiger partial charge in [0.1, 0.15) is 11.5 Å². The molecule has 2 saturated heterocycles. The molecular formula is C17H24N2O3S. The third kappa shape index (κ3) is 2.66. The first-order valence-corrected chi connectivity index (χ1v) is 9.93. The Morgan fingerprint density at radius 1 is 1.13 bits per heavy atom. The van der Waals surface area contributed by atoms with E-state index >= 15 is 0 Å². The molecule has 0 aromatic carbocycles. The summed E-state index contributed by atoms with van der Waals surface area (Å²) in [4.78, 5) is 0. The Hall–Kier alpha value is -1.11. The van der Waals surface area contributed by atoms with Crippen molar-refractivity contribution in [3.05, 3.63) is 35.8 Å². The van der Waals surface area contributed by atoms with E-state index in [2.05, 4.69) is 12.2 Å². The molecular weight excluding hydrogens is 312 g/mol. The zero-order valence-corrected chi connectivity index (χ0v) is 14.3. The molecule has 6 heteroatoms. The number of hydrogen-bond acceptors (Lipinski definition) is 3. The highest BCUT2D eigenvalue weighted by molar-refractivity contribution is 7.86. The number of aryl methyl sites for hydroxylation is 1. The van der Waals surface area contributed by atoms with Crippen molar-refractivity contribution in [2.75, 3.05) is 19.6 Å². The van der Waals surface area contributed by atoms with Gasteiger partial charge in [0, 0.05) is 19.6 Å². The smallest absolute Gasteiger partial charge is 0.282 e. The highest BCUT2D eigenvalue weighted by atomic mass is 32.2. The monoisotopic (exact) mass is 336 g/mol. The molecule has 0 N–H and O–H groups in total. The van der Waals surface area contributed by atoms with E-state index in [4.69, 9.17) is 4.42 Å². The lowest BCUT2D eigenvalue weighted by Crippen LogP contribution is -2.42. The van der Waals surface area contributed by atoms with Gasteiger partial charge in [-0.05, 0) is 56.6 Å². The van der Waals surface area contributed by atoms with Crippen LogP contribution in [0.1, 0.15) is 43.2 Å². The standard InChI is InChI=1S/C17H24N2O3S/c1-13-8-9-17(22-13)16-7-4-10-19(16)23(20,21)18-11-14-5-2-3-6-15(14)12-18/h2-3,8-9,14-16H,4-7,10-12H2,1H3/t14-,15-,16+/m1/s1. The van der Waals surface area contributed by atoms with Gasteiger partial charge in [-0.15, -0.1) is 0 Å². The molecule has 4 rings (SSSR count). The Morgan fingerprint density at radius 2 is 1.83 bits per heavy atom. The molecule has 3 heterocycles. The number of furan rings is 1. The SMILES string of the molecule is Cc1ccc([C@@H]2CCCN2S(=O)(=O)N2C[C@H]3CC=CC[C@@H]3C2)o1. The molecule has 0 unspecified atom stereocenters. The van der Waals surface area contributed by atoms with Gasteiger partial charge in [0.15, 0.2) is 0 Å². The summed E-state index contributed by atoms with van der Waals surface area (Å²) in [5.74, 6) is 2.59. The molecule has 2 aliphatic heterocycles. The van der Waals surface area contributed by atoms with Crippen LogP contribution in [0, 0.1) is 18.8 Å². The van der Waals surface area contributed by atoms with Crippen LogP contribution in [-0.4, -0.2) is 36.7 Å². The van der Waals surface area contributed by atoms with Crippen molar-refractivity contribution < 1.29 is 12.8 Å². The zero-order chi connectivity index (χ0) is 16.0. The van der Waals surface area contributed by atoms with Crippen molar-refractivity contribution in [1.29, 1.82) is 0 Å². The topological polar surface area (TPSA) is 53.8 Å². The molecule has 1 aromatic rings. The van der Waals surface area contributed by atoms with Gasteiger partial charge in [0.05, 0.1) is 6.04 Å². The minimum Gasteiger partial charge on any atom is -0.465 e. The molecule has 126 valence electrons. The Kier molecular flexibility index (Phi) is 3.86. The second-order valence-corrected chi connectivity index (χ2v) is 8.89. The van der Waals surface area contributed by atoms with Gasteiger partial charge < -0.3 is 4.42 Å². The fourth-order valence-electron chi connectivity index (χ4n) is 4.24. The molecule has 3 atom stereocenters. The molecule has 0 spiro atoms. The van der Waals surface area contributed by atoms with E-state index < -0.39 is 10.2 Å². The van der Waals surface area contributed by atoms with Crippen LogP contribution in [0.15, 0.2) is 28.7 Å². The van der Waals surface area contributed by atoms with Crippen LogP contribution in [0.3, 0.4) is 0 Å². The summed E-state index contributed by atoms with van der Waals surface area (Å²) >= 11 is 0. The highest BCUT2D eigenvalue weighted by Gasteiger charge is 2.45. The quantitative estimate of drug-likeness (QED) is 0.798. The van der Waals surface area contributed by atoms with Gasteiger partial charge in [-0.1, -0.05) is 12.2 Å². The number of nitrogens with zero attached hydrogens (tertiary/aromatic N) is 2. The summed E-state index contributed by atoms with van der Waals surface area (Å²) in [6.45, 7) is 3.82.